The summed E-state index contributed by atoms with van der Waals surface area (Å²) in [5.74, 6) is 0.614. The highest BCUT2D eigenvalue weighted by atomic mass is 16.5. The number of nitrogens with one attached hydrogen (secondary N) is 1. The third kappa shape index (κ3) is 3.64. The van der Waals surface area contributed by atoms with Crippen LogP contribution in [0.15, 0.2) is 73.1 Å². The van der Waals surface area contributed by atoms with Crippen molar-refractivity contribution in [2.45, 2.75) is 31.8 Å². The summed E-state index contributed by atoms with van der Waals surface area (Å²) in [4.78, 5) is 12.6. The van der Waals surface area contributed by atoms with Gasteiger partial charge in [0.2, 0.25) is 0 Å². The maximum atomic E-state index is 12.6. The molecule has 2 aromatic carbocycles. The van der Waals surface area contributed by atoms with Crippen molar-refractivity contribution in [1.82, 2.24) is 4.57 Å². The number of nitrogens with zero attached hydrogens (tertiary/aromatic N) is 1. The normalized spacial score (nSPS) is 14.3. The number of rotatable bonds is 5. The van der Waals surface area contributed by atoms with Gasteiger partial charge >= 0.3 is 0 Å². The van der Waals surface area contributed by atoms with Crippen molar-refractivity contribution in [3.05, 3.63) is 78.6 Å². The highest BCUT2D eigenvalue weighted by Crippen LogP contribution is 2.30. The number of para-hydroxylation sites is 2. The molecule has 4 nitrogen and oxygen atoms in total. The van der Waals surface area contributed by atoms with Crippen LogP contribution in [0.3, 0.4) is 0 Å². The summed E-state index contributed by atoms with van der Waals surface area (Å²) >= 11 is 0. The van der Waals surface area contributed by atoms with Gasteiger partial charge in [-0.05, 0) is 74.2 Å². The Morgan fingerprint density at radius 2 is 1.62 bits per heavy atom. The Kier molecular flexibility index (Phi) is 4.73. The van der Waals surface area contributed by atoms with Crippen molar-refractivity contribution in [3.8, 4) is 11.4 Å². The minimum absolute atomic E-state index is 0.133. The number of aromatic nitrogens is 1. The molecule has 26 heavy (non-hydrogen) atoms. The first-order valence-electron chi connectivity index (χ1n) is 9.10. The molecule has 1 heterocycles. The van der Waals surface area contributed by atoms with Crippen LogP contribution in [0.5, 0.6) is 5.75 Å². The van der Waals surface area contributed by atoms with Crippen LogP contribution in [-0.2, 0) is 0 Å². The number of amides is 1. The maximum absolute atomic E-state index is 12.6. The third-order valence-electron chi connectivity index (χ3n) is 4.76. The molecule has 0 spiro atoms. The van der Waals surface area contributed by atoms with Crippen molar-refractivity contribution in [2.75, 3.05) is 5.32 Å². The summed E-state index contributed by atoms with van der Waals surface area (Å²) in [6, 6.07) is 19.2. The van der Waals surface area contributed by atoms with E-state index in [0.717, 1.165) is 30.0 Å². The first-order valence-corrected chi connectivity index (χ1v) is 9.10. The fourth-order valence-electron chi connectivity index (χ4n) is 3.34. The lowest BCUT2D eigenvalue weighted by Crippen LogP contribution is -2.16. The lowest BCUT2D eigenvalue weighted by atomic mass is 10.2. The van der Waals surface area contributed by atoms with Crippen molar-refractivity contribution in [3.63, 3.8) is 0 Å². The second kappa shape index (κ2) is 7.48. The molecule has 0 unspecified atom stereocenters. The zero-order valence-electron chi connectivity index (χ0n) is 14.6. The predicted molar refractivity (Wildman–Crippen MR) is 103 cm³/mol. The number of anilines is 1. The molecule has 1 N–H and O–H groups in total. The van der Waals surface area contributed by atoms with E-state index in [9.17, 15) is 4.79 Å². The average Bonchev–Trinajstić information content (AvgIpc) is 3.37. The molecular weight excluding hydrogens is 324 g/mol. The van der Waals surface area contributed by atoms with Gasteiger partial charge in [0, 0.05) is 23.6 Å². The van der Waals surface area contributed by atoms with Gasteiger partial charge in [-0.3, -0.25) is 4.79 Å². The number of ether oxygens (including phenoxy) is 1. The SMILES string of the molecule is O=C(Nc1ccccc1OC1CCCC1)c1ccc(-n2cccc2)cc1. The van der Waals surface area contributed by atoms with Crippen LogP contribution < -0.4 is 10.1 Å². The van der Waals surface area contributed by atoms with E-state index in [-0.39, 0.29) is 12.0 Å². The highest BCUT2D eigenvalue weighted by molar-refractivity contribution is 6.05. The Morgan fingerprint density at radius 1 is 0.923 bits per heavy atom. The van der Waals surface area contributed by atoms with Gasteiger partial charge in [0.1, 0.15) is 5.75 Å². The lowest BCUT2D eigenvalue weighted by molar-refractivity contribution is 0.102. The topological polar surface area (TPSA) is 43.3 Å². The highest BCUT2D eigenvalue weighted by Gasteiger charge is 2.18. The number of hydrogen-bond acceptors (Lipinski definition) is 2. The van der Waals surface area contributed by atoms with E-state index in [1.807, 2.05) is 77.6 Å². The molecule has 0 bridgehead atoms. The largest absolute Gasteiger partial charge is 0.488 e. The molecule has 1 aromatic heterocycles. The van der Waals surface area contributed by atoms with Crippen molar-refractivity contribution in [2.24, 2.45) is 0 Å². The summed E-state index contributed by atoms with van der Waals surface area (Å²) in [7, 11) is 0. The van der Waals surface area contributed by atoms with Crippen molar-refractivity contribution < 1.29 is 9.53 Å². The Balaban J connectivity index is 1.47. The van der Waals surface area contributed by atoms with E-state index in [2.05, 4.69) is 5.32 Å². The van der Waals surface area contributed by atoms with Gasteiger partial charge in [-0.15, -0.1) is 0 Å². The molecule has 0 aliphatic heterocycles. The van der Waals surface area contributed by atoms with Crippen molar-refractivity contribution >= 4 is 11.6 Å². The molecule has 4 heteroatoms. The van der Waals surface area contributed by atoms with Crippen molar-refractivity contribution in [1.29, 1.82) is 0 Å². The molecule has 4 rings (SSSR count). The van der Waals surface area contributed by atoms with E-state index in [1.54, 1.807) is 0 Å². The zero-order valence-corrected chi connectivity index (χ0v) is 14.6. The molecule has 132 valence electrons. The smallest absolute Gasteiger partial charge is 0.255 e. The van der Waals surface area contributed by atoms with Gasteiger partial charge in [-0.2, -0.15) is 0 Å². The number of carbonyl (C=O) groups is 1. The van der Waals surface area contributed by atoms with Gasteiger partial charge in [0.25, 0.3) is 5.91 Å². The molecular formula is C22H22N2O2. The van der Waals surface area contributed by atoms with Gasteiger partial charge in [0.05, 0.1) is 11.8 Å². The zero-order chi connectivity index (χ0) is 17.8. The first kappa shape index (κ1) is 16.5. The molecule has 0 atom stereocenters. The van der Waals surface area contributed by atoms with Crippen LogP contribution in [-0.4, -0.2) is 16.6 Å². The predicted octanol–water partition coefficient (Wildman–Crippen LogP) is 5.05. The molecule has 1 aliphatic rings. The van der Waals surface area contributed by atoms with Gasteiger partial charge < -0.3 is 14.6 Å². The van der Waals surface area contributed by atoms with Gasteiger partial charge in [-0.25, -0.2) is 0 Å². The second-order valence-corrected chi connectivity index (χ2v) is 6.61. The molecule has 0 saturated heterocycles. The molecule has 1 saturated carbocycles. The Morgan fingerprint density at radius 3 is 2.35 bits per heavy atom. The van der Waals surface area contributed by atoms with E-state index in [0.29, 0.717) is 5.56 Å². The third-order valence-corrected chi connectivity index (χ3v) is 4.76. The standard InChI is InChI=1S/C22H22N2O2/c25-22(17-11-13-18(14-12-17)24-15-5-6-16-24)23-20-9-3-4-10-21(20)26-19-7-1-2-8-19/h3-6,9-16,19H,1-2,7-8H2,(H,23,25). The summed E-state index contributed by atoms with van der Waals surface area (Å²) in [6.45, 7) is 0. The summed E-state index contributed by atoms with van der Waals surface area (Å²) in [6.07, 6.45) is 8.82. The van der Waals surface area contributed by atoms with E-state index >= 15 is 0 Å². The molecule has 3 aromatic rings. The first-order chi connectivity index (χ1) is 12.8. The fraction of sp³-hybridized carbons (Fsp3) is 0.227. The summed E-state index contributed by atoms with van der Waals surface area (Å²) in [5.41, 5.74) is 2.37. The quantitative estimate of drug-likeness (QED) is 0.702. The fourth-order valence-corrected chi connectivity index (χ4v) is 3.34. The molecule has 1 aliphatic carbocycles. The Labute approximate surface area is 153 Å². The van der Waals surface area contributed by atoms with Crippen LogP contribution in [0.2, 0.25) is 0 Å². The van der Waals surface area contributed by atoms with Crippen LogP contribution in [0, 0.1) is 0 Å². The van der Waals surface area contributed by atoms with Crippen LogP contribution in [0.4, 0.5) is 5.69 Å². The van der Waals surface area contributed by atoms with Crippen LogP contribution >= 0.6 is 0 Å². The number of benzene rings is 2. The second-order valence-electron chi connectivity index (χ2n) is 6.61. The van der Waals surface area contributed by atoms with E-state index < -0.39 is 0 Å². The van der Waals surface area contributed by atoms with E-state index in [1.165, 1.54) is 12.8 Å². The van der Waals surface area contributed by atoms with Crippen LogP contribution in [0.1, 0.15) is 36.0 Å². The monoisotopic (exact) mass is 346 g/mol. The maximum Gasteiger partial charge on any atom is 0.255 e. The Bertz CT molecular complexity index is 863. The minimum atomic E-state index is -0.133. The lowest BCUT2D eigenvalue weighted by Gasteiger charge is -2.17. The average molecular weight is 346 g/mol. The molecule has 1 amide bonds. The van der Waals surface area contributed by atoms with Gasteiger partial charge in [-0.1, -0.05) is 12.1 Å². The summed E-state index contributed by atoms with van der Waals surface area (Å²) in [5, 5.41) is 2.98. The van der Waals surface area contributed by atoms with Crippen LogP contribution in [0.25, 0.3) is 5.69 Å². The van der Waals surface area contributed by atoms with Gasteiger partial charge in [0.15, 0.2) is 0 Å². The molecule has 1 fully saturated rings. The number of hydrogen-bond donors (Lipinski definition) is 1. The number of carbonyl (C=O) groups excluding carboxylic acids is 1. The van der Waals surface area contributed by atoms with E-state index in [4.69, 9.17) is 4.74 Å². The minimum Gasteiger partial charge on any atom is -0.488 e. The summed E-state index contributed by atoms with van der Waals surface area (Å²) < 4.78 is 8.10. The molecule has 0 radical (unpaired) electrons. The Hall–Kier alpha value is -3.01.